The lowest BCUT2D eigenvalue weighted by atomic mass is 10.2. The van der Waals surface area contributed by atoms with Crippen molar-refractivity contribution >= 4 is 12.2 Å². The fourth-order valence-corrected chi connectivity index (χ4v) is 1.72. The van der Waals surface area contributed by atoms with Crippen LogP contribution in [0.3, 0.4) is 0 Å². The van der Waals surface area contributed by atoms with Gasteiger partial charge in [-0.1, -0.05) is 19.8 Å². The molecule has 1 atom stereocenters. The Kier molecular flexibility index (Phi) is 6.78. The molecule has 1 N–H and O–H groups in total. The number of rotatable bonds is 8. The number of carbonyl (C=O) groups excluding carboxylic acids is 2. The minimum absolute atomic E-state index is 0.131. The third-order valence-corrected chi connectivity index (χ3v) is 2.90. The average molecular weight is 299 g/mol. The molecule has 0 saturated carbocycles. The van der Waals surface area contributed by atoms with Crippen LogP contribution < -0.4 is 10.1 Å². The second kappa shape index (κ2) is 8.34. The second-order valence-corrected chi connectivity index (χ2v) is 4.69. The first-order valence-electron chi connectivity index (χ1n) is 6.88. The van der Waals surface area contributed by atoms with Crippen molar-refractivity contribution in [2.24, 2.45) is 0 Å². The van der Waals surface area contributed by atoms with Crippen molar-refractivity contribution in [3.63, 3.8) is 0 Å². The molecule has 4 nitrogen and oxygen atoms in total. The quantitative estimate of drug-likeness (QED) is 0.593. The summed E-state index contributed by atoms with van der Waals surface area (Å²) >= 11 is 0. The van der Waals surface area contributed by atoms with E-state index in [-0.39, 0.29) is 5.56 Å². The summed E-state index contributed by atoms with van der Waals surface area (Å²) in [7, 11) is 0. The van der Waals surface area contributed by atoms with E-state index in [0.717, 1.165) is 31.4 Å². The summed E-state index contributed by atoms with van der Waals surface area (Å²) < 4.78 is 32.3. The molecule has 0 fully saturated rings. The Hall–Kier alpha value is -1.98. The van der Waals surface area contributed by atoms with Crippen LogP contribution in [0.1, 0.15) is 43.5 Å². The molecule has 21 heavy (non-hydrogen) atoms. The van der Waals surface area contributed by atoms with Gasteiger partial charge in [0.1, 0.15) is 6.29 Å². The molecule has 0 aliphatic heterocycles. The highest BCUT2D eigenvalue weighted by atomic mass is 19.1. The number of benzene rings is 1. The average Bonchev–Trinajstić information content (AvgIpc) is 2.46. The van der Waals surface area contributed by atoms with E-state index in [1.807, 2.05) is 6.92 Å². The van der Waals surface area contributed by atoms with E-state index >= 15 is 0 Å². The van der Waals surface area contributed by atoms with Gasteiger partial charge in [0, 0.05) is 12.1 Å². The lowest BCUT2D eigenvalue weighted by molar-refractivity contribution is -0.127. The van der Waals surface area contributed by atoms with Crippen LogP contribution in [-0.4, -0.2) is 24.8 Å². The maximum absolute atomic E-state index is 13.6. The molecule has 0 radical (unpaired) electrons. The second-order valence-electron chi connectivity index (χ2n) is 4.69. The highest BCUT2D eigenvalue weighted by Crippen LogP contribution is 2.23. The molecule has 1 amide bonds. The Morgan fingerprint density at radius 3 is 2.48 bits per heavy atom. The van der Waals surface area contributed by atoms with Crippen molar-refractivity contribution in [3.8, 4) is 5.75 Å². The van der Waals surface area contributed by atoms with E-state index < -0.39 is 29.4 Å². The van der Waals surface area contributed by atoms with Gasteiger partial charge < -0.3 is 10.1 Å². The molecule has 1 aromatic carbocycles. The minimum Gasteiger partial charge on any atom is -0.475 e. The molecule has 0 aromatic heterocycles. The van der Waals surface area contributed by atoms with Crippen molar-refractivity contribution in [2.75, 3.05) is 6.54 Å². The number of aldehydes is 1. The Bertz CT molecular complexity index is 483. The van der Waals surface area contributed by atoms with Crippen molar-refractivity contribution in [1.29, 1.82) is 0 Å². The van der Waals surface area contributed by atoms with E-state index in [0.29, 0.717) is 12.8 Å². The smallest absolute Gasteiger partial charge is 0.260 e. The number of nitrogens with one attached hydrogen (secondary N) is 1. The Morgan fingerprint density at radius 2 is 1.95 bits per heavy atom. The normalized spacial score (nSPS) is 11.8. The number of halogens is 2. The summed E-state index contributed by atoms with van der Waals surface area (Å²) in [6.07, 6.45) is 2.16. The van der Waals surface area contributed by atoms with Crippen LogP contribution in [0.5, 0.6) is 5.75 Å². The molecule has 1 rings (SSSR count). The predicted octanol–water partition coefficient (Wildman–Crippen LogP) is 2.85. The molecule has 0 aliphatic rings. The lowest BCUT2D eigenvalue weighted by Crippen LogP contribution is -2.37. The van der Waals surface area contributed by atoms with Gasteiger partial charge in [0.2, 0.25) is 0 Å². The van der Waals surface area contributed by atoms with Crippen LogP contribution >= 0.6 is 0 Å². The van der Waals surface area contributed by atoms with Crippen molar-refractivity contribution < 1.29 is 23.1 Å². The number of hydrogen-bond donors (Lipinski definition) is 1. The summed E-state index contributed by atoms with van der Waals surface area (Å²) in [6.45, 7) is 3.94. The standard InChI is InChI=1S/C15H19F2NO3/c1-3-4-5-6-18-15(20)10(2)21-14-12(16)7-11(9-19)8-13(14)17/h7-10H,3-6H2,1-2H3,(H,18,20). The lowest BCUT2D eigenvalue weighted by Gasteiger charge is -2.15. The van der Waals surface area contributed by atoms with Crippen LogP contribution in [0.25, 0.3) is 0 Å². The number of unbranched alkanes of at least 4 members (excludes halogenated alkanes) is 2. The zero-order valence-electron chi connectivity index (χ0n) is 12.1. The van der Waals surface area contributed by atoms with Gasteiger partial charge in [0.15, 0.2) is 23.5 Å². The zero-order chi connectivity index (χ0) is 15.8. The number of carbonyl (C=O) groups is 2. The summed E-state index contributed by atoms with van der Waals surface area (Å²) in [5, 5.41) is 2.63. The van der Waals surface area contributed by atoms with Gasteiger partial charge in [-0.05, 0) is 25.5 Å². The highest BCUT2D eigenvalue weighted by molar-refractivity contribution is 5.80. The van der Waals surface area contributed by atoms with Crippen LogP contribution in [0.15, 0.2) is 12.1 Å². The van der Waals surface area contributed by atoms with Gasteiger partial charge in [-0.2, -0.15) is 0 Å². The SMILES string of the molecule is CCCCCNC(=O)C(C)Oc1c(F)cc(C=O)cc1F. The number of hydrogen-bond acceptors (Lipinski definition) is 3. The maximum atomic E-state index is 13.6. The van der Waals surface area contributed by atoms with Gasteiger partial charge >= 0.3 is 0 Å². The van der Waals surface area contributed by atoms with E-state index in [9.17, 15) is 18.4 Å². The van der Waals surface area contributed by atoms with Gasteiger partial charge in [-0.25, -0.2) is 8.78 Å². The summed E-state index contributed by atoms with van der Waals surface area (Å²) in [5.41, 5.74) is -0.131. The summed E-state index contributed by atoms with van der Waals surface area (Å²) in [5.74, 6) is -3.12. The Morgan fingerprint density at radius 1 is 1.33 bits per heavy atom. The first-order valence-corrected chi connectivity index (χ1v) is 6.88. The first kappa shape index (κ1) is 17.1. The molecule has 0 bridgehead atoms. The van der Waals surface area contributed by atoms with Gasteiger partial charge in [-0.3, -0.25) is 9.59 Å². The molecule has 1 unspecified atom stereocenters. The number of ether oxygens (including phenoxy) is 1. The van der Waals surface area contributed by atoms with Crippen molar-refractivity contribution in [2.45, 2.75) is 39.2 Å². The molecule has 0 heterocycles. The Balaban J connectivity index is 2.64. The largest absolute Gasteiger partial charge is 0.475 e. The van der Waals surface area contributed by atoms with E-state index in [4.69, 9.17) is 4.74 Å². The molecule has 0 aliphatic carbocycles. The highest BCUT2D eigenvalue weighted by Gasteiger charge is 2.20. The third kappa shape index (κ3) is 5.13. The fraction of sp³-hybridized carbons (Fsp3) is 0.467. The van der Waals surface area contributed by atoms with Crippen molar-refractivity contribution in [3.05, 3.63) is 29.3 Å². The van der Waals surface area contributed by atoms with Crippen LogP contribution in [0.4, 0.5) is 8.78 Å². The maximum Gasteiger partial charge on any atom is 0.260 e. The van der Waals surface area contributed by atoms with Crippen molar-refractivity contribution in [1.82, 2.24) is 5.32 Å². The molecule has 0 saturated heterocycles. The van der Waals surface area contributed by atoms with Crippen LogP contribution in [0, 0.1) is 11.6 Å². The summed E-state index contributed by atoms with van der Waals surface area (Å²) in [6, 6.07) is 1.72. The molecule has 1 aromatic rings. The monoisotopic (exact) mass is 299 g/mol. The first-order chi connectivity index (χ1) is 9.99. The van der Waals surface area contributed by atoms with Crippen LogP contribution in [0.2, 0.25) is 0 Å². The molecule has 0 spiro atoms. The van der Waals surface area contributed by atoms with E-state index in [2.05, 4.69) is 5.32 Å². The topological polar surface area (TPSA) is 55.4 Å². The number of amides is 1. The minimum atomic E-state index is -1.03. The fourth-order valence-electron chi connectivity index (χ4n) is 1.72. The third-order valence-electron chi connectivity index (χ3n) is 2.90. The van der Waals surface area contributed by atoms with Crippen LogP contribution in [-0.2, 0) is 4.79 Å². The van der Waals surface area contributed by atoms with Gasteiger partial charge in [-0.15, -0.1) is 0 Å². The van der Waals surface area contributed by atoms with Gasteiger partial charge in [0.25, 0.3) is 5.91 Å². The molecular weight excluding hydrogens is 280 g/mol. The molecular formula is C15H19F2NO3. The predicted molar refractivity (Wildman–Crippen MR) is 74.4 cm³/mol. The van der Waals surface area contributed by atoms with E-state index in [1.165, 1.54) is 6.92 Å². The molecule has 116 valence electrons. The Labute approximate surface area is 122 Å². The summed E-state index contributed by atoms with van der Waals surface area (Å²) in [4.78, 5) is 22.2. The molecule has 6 heteroatoms. The van der Waals surface area contributed by atoms with Gasteiger partial charge in [0.05, 0.1) is 0 Å². The van der Waals surface area contributed by atoms with E-state index in [1.54, 1.807) is 0 Å². The zero-order valence-corrected chi connectivity index (χ0v) is 12.1.